The maximum atomic E-state index is 12.6. The fraction of sp³-hybridized carbons (Fsp3) is 0.111. The second-order valence-electron chi connectivity index (χ2n) is 7.96. The molecule has 0 radical (unpaired) electrons. The summed E-state index contributed by atoms with van der Waals surface area (Å²) in [6, 6.07) is 27.8. The van der Waals surface area contributed by atoms with Crippen molar-refractivity contribution in [3.63, 3.8) is 0 Å². The third-order valence-corrected chi connectivity index (χ3v) is 6.55. The first-order valence-corrected chi connectivity index (χ1v) is 12.3. The predicted molar refractivity (Wildman–Crippen MR) is 142 cm³/mol. The summed E-state index contributed by atoms with van der Waals surface area (Å²) in [6.07, 6.45) is 3.00. The lowest BCUT2D eigenvalue weighted by Gasteiger charge is -2.14. The Morgan fingerprint density at radius 3 is 2.67 bits per heavy atom. The summed E-state index contributed by atoms with van der Waals surface area (Å²) in [5, 5.41) is 18.8. The van der Waals surface area contributed by atoms with Gasteiger partial charge in [0.2, 0.25) is 0 Å². The van der Waals surface area contributed by atoms with Gasteiger partial charge < -0.3 is 9.73 Å². The highest BCUT2D eigenvalue weighted by Gasteiger charge is 2.21. The van der Waals surface area contributed by atoms with Crippen LogP contribution in [0.5, 0.6) is 0 Å². The number of thioether (sulfide) groups is 1. The topological polar surface area (TPSA) is 97.3 Å². The molecule has 5 rings (SSSR count). The largest absolute Gasteiger partial charge is 0.463 e. The van der Waals surface area contributed by atoms with Crippen LogP contribution in [0.2, 0.25) is 0 Å². The van der Waals surface area contributed by atoms with Gasteiger partial charge in [0.15, 0.2) is 11.0 Å². The number of amides is 1. The maximum Gasteiger partial charge on any atom is 0.253 e. The van der Waals surface area contributed by atoms with Gasteiger partial charge in [0.1, 0.15) is 5.76 Å². The zero-order valence-electron chi connectivity index (χ0n) is 19.5. The van der Waals surface area contributed by atoms with Crippen molar-refractivity contribution >= 4 is 40.3 Å². The number of benzene rings is 3. The number of hydrogen-bond donors (Lipinski definition) is 2. The van der Waals surface area contributed by atoms with E-state index in [1.807, 2.05) is 53.1 Å². The van der Waals surface area contributed by atoms with Gasteiger partial charge in [-0.2, -0.15) is 5.10 Å². The maximum absolute atomic E-state index is 12.6. The van der Waals surface area contributed by atoms with Gasteiger partial charge in [-0.3, -0.25) is 9.36 Å². The summed E-state index contributed by atoms with van der Waals surface area (Å²) in [4.78, 5) is 12.6. The highest BCUT2D eigenvalue weighted by molar-refractivity contribution is 8.00. The third-order valence-electron chi connectivity index (χ3n) is 5.50. The fourth-order valence-electron chi connectivity index (χ4n) is 3.71. The number of nitrogens with one attached hydrogen (secondary N) is 2. The van der Waals surface area contributed by atoms with Gasteiger partial charge in [0, 0.05) is 16.8 Å². The number of fused-ring (bicyclic) bond motifs is 1. The number of carbonyl (C=O) groups excluding carboxylic acids is 1. The minimum Gasteiger partial charge on any atom is -0.463 e. The van der Waals surface area contributed by atoms with Gasteiger partial charge in [-0.25, -0.2) is 5.43 Å². The highest BCUT2D eigenvalue weighted by Crippen LogP contribution is 2.27. The van der Waals surface area contributed by atoms with Crippen LogP contribution < -0.4 is 10.7 Å². The minimum absolute atomic E-state index is 0.249. The molecule has 0 fully saturated rings. The zero-order chi connectivity index (χ0) is 24.7. The molecule has 0 saturated heterocycles. The van der Waals surface area contributed by atoms with Crippen molar-refractivity contribution in [1.29, 1.82) is 0 Å². The molecular weight excluding hydrogens is 472 g/mol. The summed E-state index contributed by atoms with van der Waals surface area (Å²) < 4.78 is 7.16. The van der Waals surface area contributed by atoms with Crippen LogP contribution in [0, 0.1) is 0 Å². The van der Waals surface area contributed by atoms with Crippen LogP contribution in [0.25, 0.3) is 16.5 Å². The summed E-state index contributed by atoms with van der Waals surface area (Å²) in [6.45, 7) is 2.27. The predicted octanol–water partition coefficient (Wildman–Crippen LogP) is 5.26. The van der Waals surface area contributed by atoms with E-state index < -0.39 is 5.25 Å². The molecule has 0 spiro atoms. The first-order valence-electron chi connectivity index (χ1n) is 11.4. The van der Waals surface area contributed by atoms with E-state index in [2.05, 4.69) is 50.3 Å². The molecule has 0 aliphatic carbocycles. The molecule has 180 valence electrons. The Labute approximate surface area is 212 Å². The summed E-state index contributed by atoms with van der Waals surface area (Å²) >= 11 is 1.32. The van der Waals surface area contributed by atoms with Gasteiger partial charge in [-0.1, -0.05) is 66.4 Å². The Balaban J connectivity index is 1.35. The number of aromatic nitrogens is 3. The first kappa shape index (κ1) is 23.4. The summed E-state index contributed by atoms with van der Waals surface area (Å²) in [5.74, 6) is 1.05. The number of hydrogen-bond acceptors (Lipinski definition) is 7. The van der Waals surface area contributed by atoms with E-state index in [1.54, 1.807) is 25.3 Å². The zero-order valence-corrected chi connectivity index (χ0v) is 20.4. The molecule has 0 saturated carbocycles. The molecule has 5 aromatic rings. The molecule has 1 atom stereocenters. The lowest BCUT2D eigenvalue weighted by molar-refractivity contribution is -0.120. The molecule has 36 heavy (non-hydrogen) atoms. The SMILES string of the molecule is CC(Sc1nnc(CNc2cccc3ccccc23)n1-c1ccccc1)C(=O)N/N=C\c1ccco1. The molecule has 2 aromatic heterocycles. The number of carbonyl (C=O) groups is 1. The van der Waals surface area contributed by atoms with Crippen molar-refractivity contribution in [1.82, 2.24) is 20.2 Å². The monoisotopic (exact) mass is 496 g/mol. The van der Waals surface area contributed by atoms with Crippen LogP contribution >= 0.6 is 11.8 Å². The van der Waals surface area contributed by atoms with Crippen molar-refractivity contribution in [2.24, 2.45) is 5.10 Å². The Kier molecular flexibility index (Phi) is 7.09. The third kappa shape index (κ3) is 5.31. The Bertz CT molecular complexity index is 1480. The quantitative estimate of drug-likeness (QED) is 0.164. The number of furan rings is 1. The van der Waals surface area contributed by atoms with E-state index in [1.165, 1.54) is 18.0 Å². The fourth-order valence-corrected chi connectivity index (χ4v) is 4.59. The smallest absolute Gasteiger partial charge is 0.253 e. The molecule has 1 unspecified atom stereocenters. The number of nitrogens with zero attached hydrogens (tertiary/aromatic N) is 4. The summed E-state index contributed by atoms with van der Waals surface area (Å²) in [5.41, 5.74) is 4.49. The van der Waals surface area contributed by atoms with Gasteiger partial charge in [0.25, 0.3) is 5.91 Å². The van der Waals surface area contributed by atoms with Gasteiger partial charge in [0.05, 0.1) is 24.3 Å². The van der Waals surface area contributed by atoms with Crippen LogP contribution in [-0.4, -0.2) is 32.1 Å². The molecule has 8 nitrogen and oxygen atoms in total. The van der Waals surface area contributed by atoms with Crippen molar-refractivity contribution in [3.05, 3.63) is 103 Å². The Hall–Kier alpha value is -4.37. The van der Waals surface area contributed by atoms with Crippen LogP contribution in [0.3, 0.4) is 0 Å². The number of para-hydroxylation sites is 1. The minimum atomic E-state index is -0.454. The van der Waals surface area contributed by atoms with Gasteiger partial charge >= 0.3 is 0 Å². The van der Waals surface area contributed by atoms with Crippen molar-refractivity contribution in [2.45, 2.75) is 23.9 Å². The molecule has 2 heterocycles. The molecular formula is C27H24N6O2S. The molecule has 0 aliphatic rings. The van der Waals surface area contributed by atoms with Gasteiger partial charge in [-0.05, 0) is 42.6 Å². The van der Waals surface area contributed by atoms with Crippen LogP contribution in [0.1, 0.15) is 18.5 Å². The summed E-state index contributed by atoms with van der Waals surface area (Å²) in [7, 11) is 0. The standard InChI is InChI=1S/C27H24N6O2S/c1-19(26(34)31-29-17-22-13-8-16-35-22)36-27-32-30-25(33(27)21-11-3-2-4-12-21)18-28-24-15-7-10-20-9-5-6-14-23(20)24/h2-17,19,28H,18H2,1H3,(H,31,34)/b29-17-. The van der Waals surface area contributed by atoms with Crippen LogP contribution in [0.15, 0.2) is 106 Å². The average Bonchev–Trinajstić information content (AvgIpc) is 3.58. The molecule has 3 aromatic carbocycles. The van der Waals surface area contributed by atoms with Crippen LogP contribution in [0.4, 0.5) is 5.69 Å². The highest BCUT2D eigenvalue weighted by atomic mass is 32.2. The van der Waals surface area contributed by atoms with E-state index in [9.17, 15) is 4.79 Å². The Morgan fingerprint density at radius 1 is 1.03 bits per heavy atom. The van der Waals surface area contributed by atoms with Gasteiger partial charge in [-0.15, -0.1) is 10.2 Å². The van der Waals surface area contributed by atoms with E-state index in [0.29, 0.717) is 17.5 Å². The molecule has 1 amide bonds. The lowest BCUT2D eigenvalue weighted by Crippen LogP contribution is -2.27. The van der Waals surface area contributed by atoms with E-state index in [-0.39, 0.29) is 5.91 Å². The number of anilines is 1. The number of hydrazone groups is 1. The van der Waals surface area contributed by atoms with E-state index in [0.717, 1.165) is 28.0 Å². The normalized spacial score (nSPS) is 12.1. The molecule has 0 aliphatic heterocycles. The average molecular weight is 497 g/mol. The lowest BCUT2D eigenvalue weighted by atomic mass is 10.1. The first-order chi connectivity index (χ1) is 17.7. The van der Waals surface area contributed by atoms with E-state index in [4.69, 9.17) is 4.42 Å². The number of rotatable bonds is 9. The molecule has 2 N–H and O–H groups in total. The second-order valence-corrected chi connectivity index (χ2v) is 9.27. The molecule has 9 heteroatoms. The second kappa shape index (κ2) is 10.9. The van der Waals surface area contributed by atoms with Crippen molar-refractivity contribution in [3.8, 4) is 5.69 Å². The Morgan fingerprint density at radius 2 is 1.83 bits per heavy atom. The van der Waals surface area contributed by atoms with Crippen molar-refractivity contribution in [2.75, 3.05) is 5.32 Å². The van der Waals surface area contributed by atoms with Crippen LogP contribution in [-0.2, 0) is 11.3 Å². The van der Waals surface area contributed by atoms with E-state index >= 15 is 0 Å². The van der Waals surface area contributed by atoms with Crippen molar-refractivity contribution < 1.29 is 9.21 Å². The molecule has 0 bridgehead atoms.